The van der Waals surface area contributed by atoms with E-state index in [1.54, 1.807) is 0 Å². The molecule has 1 nitrogen and oxygen atoms in total. The standard InChI is InChI=1S/C13H28O/c1-8-11(2)13(6,7)10-14-9-12(3,4)5/h11H,8-10H2,1-7H3. The Morgan fingerprint density at radius 1 is 1.00 bits per heavy atom. The fraction of sp³-hybridized carbons (Fsp3) is 1.00. The van der Waals surface area contributed by atoms with Gasteiger partial charge in [0.1, 0.15) is 0 Å². The van der Waals surface area contributed by atoms with E-state index in [2.05, 4.69) is 48.5 Å². The SMILES string of the molecule is CCC(C)C(C)(C)COCC(C)(C)C. The molecule has 0 fully saturated rings. The van der Waals surface area contributed by atoms with E-state index >= 15 is 0 Å². The van der Waals surface area contributed by atoms with Gasteiger partial charge in [0.25, 0.3) is 0 Å². The van der Waals surface area contributed by atoms with Crippen molar-refractivity contribution in [2.45, 2.75) is 54.9 Å². The van der Waals surface area contributed by atoms with Gasteiger partial charge in [-0.25, -0.2) is 0 Å². The van der Waals surface area contributed by atoms with Gasteiger partial charge < -0.3 is 4.74 Å². The third kappa shape index (κ3) is 5.64. The van der Waals surface area contributed by atoms with Crippen LogP contribution < -0.4 is 0 Å². The molecule has 86 valence electrons. The highest BCUT2D eigenvalue weighted by atomic mass is 16.5. The second kappa shape index (κ2) is 5.16. The fourth-order valence-electron chi connectivity index (χ4n) is 1.32. The van der Waals surface area contributed by atoms with Crippen molar-refractivity contribution in [1.29, 1.82) is 0 Å². The monoisotopic (exact) mass is 200 g/mol. The number of ether oxygens (including phenoxy) is 1. The third-order valence-electron chi connectivity index (χ3n) is 2.96. The van der Waals surface area contributed by atoms with Crippen LogP contribution >= 0.6 is 0 Å². The Kier molecular flexibility index (Phi) is 5.14. The maximum absolute atomic E-state index is 5.79. The van der Waals surface area contributed by atoms with Crippen LogP contribution in [0.15, 0.2) is 0 Å². The van der Waals surface area contributed by atoms with E-state index < -0.39 is 0 Å². The first-order valence-corrected chi connectivity index (χ1v) is 5.77. The first kappa shape index (κ1) is 14.0. The molecule has 0 radical (unpaired) electrons. The van der Waals surface area contributed by atoms with Gasteiger partial charge in [-0.1, -0.05) is 54.9 Å². The van der Waals surface area contributed by atoms with Gasteiger partial charge in [0.15, 0.2) is 0 Å². The summed E-state index contributed by atoms with van der Waals surface area (Å²) in [4.78, 5) is 0. The van der Waals surface area contributed by atoms with Gasteiger partial charge in [-0.15, -0.1) is 0 Å². The van der Waals surface area contributed by atoms with Gasteiger partial charge in [-0.05, 0) is 16.7 Å². The van der Waals surface area contributed by atoms with Crippen LogP contribution in [-0.4, -0.2) is 13.2 Å². The summed E-state index contributed by atoms with van der Waals surface area (Å²) in [6.07, 6.45) is 1.23. The molecule has 0 aromatic heterocycles. The fourth-order valence-corrected chi connectivity index (χ4v) is 1.32. The number of hydrogen-bond acceptors (Lipinski definition) is 1. The van der Waals surface area contributed by atoms with Gasteiger partial charge in [0.05, 0.1) is 13.2 Å². The van der Waals surface area contributed by atoms with E-state index in [0.717, 1.165) is 19.1 Å². The van der Waals surface area contributed by atoms with Crippen molar-refractivity contribution in [3.63, 3.8) is 0 Å². The van der Waals surface area contributed by atoms with E-state index in [-0.39, 0.29) is 5.41 Å². The zero-order valence-electron chi connectivity index (χ0n) is 11.1. The lowest BCUT2D eigenvalue weighted by Gasteiger charge is -2.32. The van der Waals surface area contributed by atoms with E-state index in [4.69, 9.17) is 4.74 Å². The van der Waals surface area contributed by atoms with Crippen molar-refractivity contribution in [2.24, 2.45) is 16.7 Å². The Balaban J connectivity index is 3.88. The van der Waals surface area contributed by atoms with Gasteiger partial charge >= 0.3 is 0 Å². The number of hydrogen-bond donors (Lipinski definition) is 0. The molecule has 0 spiro atoms. The van der Waals surface area contributed by atoms with Crippen molar-refractivity contribution >= 4 is 0 Å². The Morgan fingerprint density at radius 2 is 1.50 bits per heavy atom. The number of rotatable bonds is 5. The molecule has 0 N–H and O–H groups in total. The smallest absolute Gasteiger partial charge is 0.0519 e. The van der Waals surface area contributed by atoms with E-state index in [1.807, 2.05) is 0 Å². The second-order valence-electron chi connectivity index (χ2n) is 6.35. The Bertz CT molecular complexity index is 153. The van der Waals surface area contributed by atoms with Crippen LogP contribution in [0.3, 0.4) is 0 Å². The summed E-state index contributed by atoms with van der Waals surface area (Å²) in [7, 11) is 0. The lowest BCUT2D eigenvalue weighted by Crippen LogP contribution is -2.29. The van der Waals surface area contributed by atoms with E-state index in [9.17, 15) is 0 Å². The molecule has 1 atom stereocenters. The quantitative estimate of drug-likeness (QED) is 0.648. The zero-order valence-corrected chi connectivity index (χ0v) is 11.1. The first-order chi connectivity index (χ1) is 6.19. The molecule has 1 unspecified atom stereocenters. The van der Waals surface area contributed by atoms with Crippen LogP contribution in [-0.2, 0) is 4.74 Å². The predicted octanol–water partition coefficient (Wildman–Crippen LogP) is 4.12. The highest BCUT2D eigenvalue weighted by Crippen LogP contribution is 2.29. The molecule has 0 aromatic carbocycles. The van der Waals surface area contributed by atoms with Crippen LogP contribution in [0.25, 0.3) is 0 Å². The van der Waals surface area contributed by atoms with Crippen molar-refractivity contribution in [1.82, 2.24) is 0 Å². The maximum Gasteiger partial charge on any atom is 0.0519 e. The summed E-state index contributed by atoms with van der Waals surface area (Å²) >= 11 is 0. The molecular weight excluding hydrogens is 172 g/mol. The topological polar surface area (TPSA) is 9.23 Å². The zero-order chi connectivity index (χ0) is 11.4. The van der Waals surface area contributed by atoms with Crippen LogP contribution in [0.2, 0.25) is 0 Å². The summed E-state index contributed by atoms with van der Waals surface area (Å²) in [5.41, 5.74) is 0.589. The highest BCUT2D eigenvalue weighted by Gasteiger charge is 2.25. The average Bonchev–Trinajstić information content (AvgIpc) is 2.00. The third-order valence-corrected chi connectivity index (χ3v) is 2.96. The minimum atomic E-state index is 0.283. The van der Waals surface area contributed by atoms with Gasteiger partial charge in [0, 0.05) is 0 Å². The van der Waals surface area contributed by atoms with E-state index in [1.165, 1.54) is 6.42 Å². The van der Waals surface area contributed by atoms with Gasteiger partial charge in [0.2, 0.25) is 0 Å². The molecule has 0 saturated carbocycles. The van der Waals surface area contributed by atoms with Crippen LogP contribution in [0.5, 0.6) is 0 Å². The normalized spacial score (nSPS) is 15.6. The molecule has 0 aliphatic rings. The molecule has 0 aliphatic heterocycles. The molecule has 0 saturated heterocycles. The van der Waals surface area contributed by atoms with Crippen LogP contribution in [0.4, 0.5) is 0 Å². The minimum Gasteiger partial charge on any atom is -0.380 e. The molecular formula is C13H28O. The Morgan fingerprint density at radius 3 is 1.86 bits per heavy atom. The van der Waals surface area contributed by atoms with Crippen LogP contribution in [0, 0.1) is 16.7 Å². The molecule has 1 heteroatoms. The van der Waals surface area contributed by atoms with Crippen molar-refractivity contribution < 1.29 is 4.74 Å². The average molecular weight is 200 g/mol. The minimum absolute atomic E-state index is 0.283. The molecule has 0 aromatic rings. The molecule has 14 heavy (non-hydrogen) atoms. The molecule has 0 bridgehead atoms. The van der Waals surface area contributed by atoms with Crippen LogP contribution in [0.1, 0.15) is 54.9 Å². The second-order valence-corrected chi connectivity index (χ2v) is 6.35. The summed E-state index contributed by atoms with van der Waals surface area (Å²) in [5.74, 6) is 0.725. The largest absolute Gasteiger partial charge is 0.380 e. The molecule has 0 heterocycles. The van der Waals surface area contributed by atoms with Crippen molar-refractivity contribution in [3.8, 4) is 0 Å². The lowest BCUT2D eigenvalue weighted by molar-refractivity contribution is -0.000116. The maximum atomic E-state index is 5.79. The highest BCUT2D eigenvalue weighted by molar-refractivity contribution is 4.74. The first-order valence-electron chi connectivity index (χ1n) is 5.77. The Labute approximate surface area is 90.2 Å². The molecule has 0 rings (SSSR count). The summed E-state index contributed by atoms with van der Waals surface area (Å²) in [6, 6.07) is 0. The summed E-state index contributed by atoms with van der Waals surface area (Å²) < 4.78 is 5.79. The Hall–Kier alpha value is -0.0400. The van der Waals surface area contributed by atoms with E-state index in [0.29, 0.717) is 5.41 Å². The van der Waals surface area contributed by atoms with Crippen molar-refractivity contribution in [3.05, 3.63) is 0 Å². The summed E-state index contributed by atoms with van der Waals surface area (Å²) in [5, 5.41) is 0. The molecule has 0 amide bonds. The predicted molar refractivity (Wildman–Crippen MR) is 63.5 cm³/mol. The lowest BCUT2D eigenvalue weighted by atomic mass is 9.79. The summed E-state index contributed by atoms with van der Waals surface area (Å²) in [6.45, 7) is 17.5. The molecule has 0 aliphatic carbocycles. The van der Waals surface area contributed by atoms with Gasteiger partial charge in [-0.2, -0.15) is 0 Å². The van der Waals surface area contributed by atoms with Crippen molar-refractivity contribution in [2.75, 3.05) is 13.2 Å². The van der Waals surface area contributed by atoms with Gasteiger partial charge in [-0.3, -0.25) is 0 Å².